The Hall–Kier alpha value is -2.21. The molecule has 2 rings (SSSR count). The highest BCUT2D eigenvalue weighted by Gasteiger charge is 2.15. The van der Waals surface area contributed by atoms with Gasteiger partial charge in [-0.1, -0.05) is 24.3 Å². The van der Waals surface area contributed by atoms with Crippen molar-refractivity contribution in [1.82, 2.24) is 10.3 Å². The van der Waals surface area contributed by atoms with E-state index < -0.39 is 9.84 Å². The molecule has 1 aromatic heterocycles. The van der Waals surface area contributed by atoms with Crippen molar-refractivity contribution in [3.63, 3.8) is 0 Å². The van der Waals surface area contributed by atoms with Crippen LogP contribution in [0.4, 0.5) is 0 Å². The zero-order valence-electron chi connectivity index (χ0n) is 12.8. The van der Waals surface area contributed by atoms with Gasteiger partial charge in [0.1, 0.15) is 0 Å². The number of carbonyl (C=O) groups excluding carboxylic acids is 1. The first-order valence-corrected chi connectivity index (χ1v) is 9.16. The largest absolute Gasteiger partial charge is 0.356 e. The van der Waals surface area contributed by atoms with E-state index in [9.17, 15) is 13.2 Å². The topological polar surface area (TPSA) is 76.1 Å². The number of amides is 1. The van der Waals surface area contributed by atoms with Crippen LogP contribution in [0.3, 0.4) is 0 Å². The molecule has 0 unspecified atom stereocenters. The van der Waals surface area contributed by atoms with Gasteiger partial charge in [0, 0.05) is 25.4 Å². The molecule has 1 aromatic carbocycles. The van der Waals surface area contributed by atoms with Gasteiger partial charge < -0.3 is 5.32 Å². The molecule has 0 radical (unpaired) electrons. The third-order valence-electron chi connectivity index (χ3n) is 3.39. The highest BCUT2D eigenvalue weighted by atomic mass is 32.2. The average molecular weight is 332 g/mol. The molecule has 1 N–H and O–H groups in total. The molecular formula is C17H20N2O3S. The van der Waals surface area contributed by atoms with Crippen LogP contribution in [0.25, 0.3) is 0 Å². The minimum absolute atomic E-state index is 0.0237. The van der Waals surface area contributed by atoms with Crippen LogP contribution >= 0.6 is 0 Å². The molecule has 0 fully saturated rings. The monoisotopic (exact) mass is 332 g/mol. The number of sulfone groups is 1. The molecule has 0 aliphatic heterocycles. The van der Waals surface area contributed by atoms with Crippen LogP contribution in [0.1, 0.15) is 18.4 Å². The fraction of sp³-hybridized carbons (Fsp3) is 0.294. The third kappa shape index (κ3) is 5.83. The van der Waals surface area contributed by atoms with E-state index in [4.69, 9.17) is 0 Å². The summed E-state index contributed by atoms with van der Waals surface area (Å²) >= 11 is 0. The molecule has 1 heterocycles. The summed E-state index contributed by atoms with van der Waals surface area (Å²) in [6, 6.07) is 12.1. The van der Waals surface area contributed by atoms with Gasteiger partial charge in [-0.15, -0.1) is 0 Å². The van der Waals surface area contributed by atoms with E-state index >= 15 is 0 Å². The van der Waals surface area contributed by atoms with Crippen LogP contribution in [0, 0.1) is 0 Å². The molecule has 23 heavy (non-hydrogen) atoms. The van der Waals surface area contributed by atoms with Gasteiger partial charge in [-0.25, -0.2) is 8.42 Å². The number of hydrogen-bond acceptors (Lipinski definition) is 4. The van der Waals surface area contributed by atoms with Crippen molar-refractivity contribution in [2.45, 2.75) is 24.2 Å². The summed E-state index contributed by atoms with van der Waals surface area (Å²) in [4.78, 5) is 16.0. The normalized spacial score (nSPS) is 11.1. The van der Waals surface area contributed by atoms with Crippen molar-refractivity contribution in [1.29, 1.82) is 0 Å². The smallest absolute Gasteiger partial charge is 0.221 e. The maximum absolute atomic E-state index is 12.1. The van der Waals surface area contributed by atoms with Crippen LogP contribution in [0.15, 0.2) is 59.8 Å². The zero-order chi connectivity index (χ0) is 16.5. The van der Waals surface area contributed by atoms with E-state index in [1.807, 2.05) is 12.1 Å². The first kappa shape index (κ1) is 17.1. The van der Waals surface area contributed by atoms with E-state index in [1.165, 1.54) is 0 Å². The molecular weight excluding hydrogens is 312 g/mol. The summed E-state index contributed by atoms with van der Waals surface area (Å²) in [5.41, 5.74) is 1.12. The van der Waals surface area contributed by atoms with Crippen molar-refractivity contribution in [2.75, 3.05) is 12.3 Å². The summed E-state index contributed by atoms with van der Waals surface area (Å²) in [5.74, 6) is -0.415. The zero-order valence-corrected chi connectivity index (χ0v) is 13.6. The van der Waals surface area contributed by atoms with Gasteiger partial charge in [0.2, 0.25) is 5.91 Å². The number of nitrogens with one attached hydrogen (secondary N) is 1. The molecule has 0 atom stereocenters. The van der Waals surface area contributed by atoms with Gasteiger partial charge in [0.25, 0.3) is 0 Å². The molecule has 5 nitrogen and oxygen atoms in total. The molecule has 1 amide bonds. The minimum Gasteiger partial charge on any atom is -0.356 e. The molecule has 0 spiro atoms. The Morgan fingerprint density at radius 1 is 1.09 bits per heavy atom. The van der Waals surface area contributed by atoms with Gasteiger partial charge in [-0.2, -0.15) is 0 Å². The molecule has 0 aliphatic carbocycles. The lowest BCUT2D eigenvalue weighted by atomic mass is 10.1. The van der Waals surface area contributed by atoms with Crippen molar-refractivity contribution in [2.24, 2.45) is 0 Å². The maximum atomic E-state index is 12.1. The number of pyridine rings is 1. The number of hydrogen-bond donors (Lipinski definition) is 1. The molecule has 122 valence electrons. The fourth-order valence-electron chi connectivity index (χ4n) is 2.13. The van der Waals surface area contributed by atoms with Gasteiger partial charge in [-0.05, 0) is 36.6 Å². The Morgan fingerprint density at radius 3 is 2.57 bits per heavy atom. The second kappa shape index (κ2) is 8.43. The van der Waals surface area contributed by atoms with Crippen molar-refractivity contribution in [3.8, 4) is 0 Å². The maximum Gasteiger partial charge on any atom is 0.221 e. The Balaban J connectivity index is 1.69. The quantitative estimate of drug-likeness (QED) is 0.750. The van der Waals surface area contributed by atoms with Crippen molar-refractivity contribution >= 4 is 15.7 Å². The number of benzene rings is 1. The Kier molecular flexibility index (Phi) is 6.29. The summed E-state index contributed by atoms with van der Waals surface area (Å²) < 4.78 is 24.1. The van der Waals surface area contributed by atoms with Crippen LogP contribution < -0.4 is 5.32 Å². The summed E-state index contributed by atoms with van der Waals surface area (Å²) in [6.07, 6.45) is 5.12. The van der Waals surface area contributed by atoms with Gasteiger partial charge in [0.05, 0.1) is 10.6 Å². The molecule has 0 saturated heterocycles. The highest BCUT2D eigenvalue weighted by Crippen LogP contribution is 2.10. The Labute approximate surface area is 136 Å². The van der Waals surface area contributed by atoms with Crippen molar-refractivity contribution < 1.29 is 13.2 Å². The van der Waals surface area contributed by atoms with E-state index in [0.717, 1.165) is 18.4 Å². The molecule has 0 aliphatic rings. The predicted molar refractivity (Wildman–Crippen MR) is 88.7 cm³/mol. The Bertz CT molecular complexity index is 716. The van der Waals surface area contributed by atoms with Crippen molar-refractivity contribution in [3.05, 3.63) is 60.4 Å². The number of carbonyl (C=O) groups is 1. The van der Waals surface area contributed by atoms with Crippen LogP contribution in [0.5, 0.6) is 0 Å². The fourth-order valence-corrected chi connectivity index (χ4v) is 3.39. The Morgan fingerprint density at radius 2 is 1.87 bits per heavy atom. The SMILES string of the molecule is O=C(CCS(=O)(=O)c1ccccc1)NCCCc1cccnc1. The average Bonchev–Trinajstić information content (AvgIpc) is 2.59. The van der Waals surface area contributed by atoms with Gasteiger partial charge in [0.15, 0.2) is 9.84 Å². The van der Waals surface area contributed by atoms with Crippen LogP contribution in [-0.2, 0) is 21.1 Å². The number of nitrogens with zero attached hydrogens (tertiary/aromatic N) is 1. The predicted octanol–water partition coefficient (Wildman–Crippen LogP) is 1.99. The first-order valence-electron chi connectivity index (χ1n) is 7.51. The molecule has 2 aromatic rings. The molecule has 0 saturated carbocycles. The first-order chi connectivity index (χ1) is 11.1. The van der Waals surface area contributed by atoms with Crippen LogP contribution in [-0.4, -0.2) is 31.6 Å². The van der Waals surface area contributed by atoms with Crippen LogP contribution in [0.2, 0.25) is 0 Å². The van der Waals surface area contributed by atoms with E-state index in [1.54, 1.807) is 42.7 Å². The second-order valence-electron chi connectivity index (χ2n) is 5.20. The highest BCUT2D eigenvalue weighted by molar-refractivity contribution is 7.91. The minimum atomic E-state index is -3.40. The number of aryl methyl sites for hydroxylation is 1. The lowest BCUT2D eigenvalue weighted by molar-refractivity contribution is -0.120. The standard InChI is InChI=1S/C17H20N2O3S/c20-17(19-12-5-7-15-6-4-11-18-14-15)10-13-23(21,22)16-8-2-1-3-9-16/h1-4,6,8-9,11,14H,5,7,10,12-13H2,(H,19,20). The summed E-state index contributed by atoms with van der Waals surface area (Å²) in [5, 5.41) is 2.75. The lowest BCUT2D eigenvalue weighted by Crippen LogP contribution is -2.26. The number of rotatable bonds is 8. The third-order valence-corrected chi connectivity index (χ3v) is 5.12. The van der Waals surface area contributed by atoms with E-state index in [0.29, 0.717) is 6.54 Å². The van der Waals surface area contributed by atoms with Gasteiger partial charge in [-0.3, -0.25) is 9.78 Å². The summed E-state index contributed by atoms with van der Waals surface area (Å²) in [6.45, 7) is 0.527. The lowest BCUT2D eigenvalue weighted by Gasteiger charge is -2.06. The second-order valence-corrected chi connectivity index (χ2v) is 7.31. The molecule has 6 heteroatoms. The number of aromatic nitrogens is 1. The summed E-state index contributed by atoms with van der Waals surface area (Å²) in [7, 11) is -3.40. The van der Waals surface area contributed by atoms with E-state index in [-0.39, 0.29) is 23.0 Å². The van der Waals surface area contributed by atoms with E-state index in [2.05, 4.69) is 10.3 Å². The molecule has 0 bridgehead atoms. The van der Waals surface area contributed by atoms with Gasteiger partial charge >= 0.3 is 0 Å².